The molecule has 0 atom stereocenters. The van der Waals surface area contributed by atoms with E-state index < -0.39 is 10.0 Å². The topological polar surface area (TPSA) is 69.7 Å². The van der Waals surface area contributed by atoms with Crippen molar-refractivity contribution in [1.29, 1.82) is 0 Å². The van der Waals surface area contributed by atoms with E-state index in [1.807, 2.05) is 56.3 Å². The highest BCUT2D eigenvalue weighted by Crippen LogP contribution is 2.17. The van der Waals surface area contributed by atoms with Crippen molar-refractivity contribution in [2.24, 2.45) is 0 Å². The van der Waals surface area contributed by atoms with Crippen LogP contribution in [0.15, 0.2) is 48.5 Å². The summed E-state index contributed by atoms with van der Waals surface area (Å²) in [5.74, 6) is -0.118. The molecule has 1 aliphatic rings. The lowest BCUT2D eigenvalue weighted by atomic mass is 10.1. The summed E-state index contributed by atoms with van der Waals surface area (Å²) in [6.45, 7) is 6.67. The molecule has 2 aromatic rings. The number of carbonyl (C=O) groups is 1. The van der Waals surface area contributed by atoms with Crippen LogP contribution in [-0.4, -0.2) is 57.1 Å². The average Bonchev–Trinajstić information content (AvgIpc) is 2.74. The minimum atomic E-state index is -3.31. The Kier molecular flexibility index (Phi) is 6.92. The molecule has 0 spiro atoms. The first-order valence-electron chi connectivity index (χ1n) is 10.00. The van der Waals surface area contributed by atoms with Gasteiger partial charge in [0.05, 0.1) is 5.75 Å². The van der Waals surface area contributed by atoms with Crippen molar-refractivity contribution in [2.45, 2.75) is 20.3 Å². The monoisotopic (exact) mass is 415 g/mol. The third kappa shape index (κ3) is 5.58. The molecule has 1 fully saturated rings. The van der Waals surface area contributed by atoms with Gasteiger partial charge in [-0.3, -0.25) is 4.79 Å². The van der Waals surface area contributed by atoms with Gasteiger partial charge < -0.3 is 10.2 Å². The van der Waals surface area contributed by atoms with Crippen LogP contribution in [0, 0.1) is 13.8 Å². The Morgan fingerprint density at radius 1 is 0.966 bits per heavy atom. The summed E-state index contributed by atoms with van der Waals surface area (Å²) in [7, 11) is -3.31. The zero-order valence-corrected chi connectivity index (χ0v) is 17.9. The van der Waals surface area contributed by atoms with Gasteiger partial charge in [0.25, 0.3) is 5.91 Å². The van der Waals surface area contributed by atoms with Crippen molar-refractivity contribution in [1.82, 2.24) is 9.62 Å². The van der Waals surface area contributed by atoms with E-state index in [0.29, 0.717) is 44.7 Å². The highest BCUT2D eigenvalue weighted by molar-refractivity contribution is 7.89. The lowest BCUT2D eigenvalue weighted by Crippen LogP contribution is -2.49. The number of nitrogens with zero attached hydrogens (tertiary/aromatic N) is 2. The molecule has 2 aromatic carbocycles. The van der Waals surface area contributed by atoms with Gasteiger partial charge in [-0.1, -0.05) is 24.3 Å². The second kappa shape index (κ2) is 9.41. The van der Waals surface area contributed by atoms with Gasteiger partial charge in [0.2, 0.25) is 10.0 Å². The Labute approximate surface area is 173 Å². The van der Waals surface area contributed by atoms with Crippen LogP contribution in [-0.2, 0) is 10.0 Å². The molecule has 1 saturated heterocycles. The molecular formula is C22H29N3O3S. The highest BCUT2D eigenvalue weighted by atomic mass is 32.2. The Hall–Kier alpha value is -2.38. The van der Waals surface area contributed by atoms with Gasteiger partial charge in [0, 0.05) is 44.0 Å². The lowest BCUT2D eigenvalue weighted by molar-refractivity contribution is 0.0953. The van der Waals surface area contributed by atoms with Crippen LogP contribution in [0.2, 0.25) is 0 Å². The number of anilines is 1. The summed E-state index contributed by atoms with van der Waals surface area (Å²) < 4.78 is 26.8. The molecule has 0 aliphatic carbocycles. The summed E-state index contributed by atoms with van der Waals surface area (Å²) in [6, 6.07) is 15.6. The van der Waals surface area contributed by atoms with Crippen molar-refractivity contribution in [3.05, 3.63) is 65.2 Å². The van der Waals surface area contributed by atoms with Gasteiger partial charge in [-0.15, -0.1) is 0 Å². The molecule has 0 aromatic heterocycles. The number of hydrogen-bond acceptors (Lipinski definition) is 4. The minimum absolute atomic E-state index is 0.0472. The number of aryl methyl sites for hydroxylation is 2. The van der Waals surface area contributed by atoms with E-state index in [1.165, 1.54) is 0 Å². The van der Waals surface area contributed by atoms with E-state index >= 15 is 0 Å². The summed E-state index contributed by atoms with van der Waals surface area (Å²) in [6.07, 6.45) is 0.401. The predicted molar refractivity (Wildman–Crippen MR) is 117 cm³/mol. The molecule has 0 radical (unpaired) electrons. The molecule has 1 amide bonds. The molecule has 0 saturated carbocycles. The number of amides is 1. The summed E-state index contributed by atoms with van der Waals surface area (Å²) in [4.78, 5) is 14.4. The molecule has 3 rings (SSSR count). The zero-order valence-electron chi connectivity index (χ0n) is 17.1. The summed E-state index contributed by atoms with van der Waals surface area (Å²) >= 11 is 0. The van der Waals surface area contributed by atoms with E-state index in [-0.39, 0.29) is 11.7 Å². The Morgan fingerprint density at radius 3 is 2.31 bits per heavy atom. The van der Waals surface area contributed by atoms with E-state index in [0.717, 1.165) is 16.8 Å². The number of piperazine rings is 1. The largest absolute Gasteiger partial charge is 0.369 e. The summed E-state index contributed by atoms with van der Waals surface area (Å²) in [5.41, 5.74) is 3.93. The van der Waals surface area contributed by atoms with Crippen LogP contribution in [0.1, 0.15) is 27.9 Å². The maximum atomic E-state index is 12.6. The van der Waals surface area contributed by atoms with Crippen molar-refractivity contribution < 1.29 is 13.2 Å². The van der Waals surface area contributed by atoms with Crippen LogP contribution in [0.3, 0.4) is 0 Å². The number of carbonyl (C=O) groups excluding carboxylic acids is 1. The SMILES string of the molecule is Cc1ccc(C(=O)NCCCS(=O)(=O)N2CCN(c3ccccc3)CC2)cc1C. The first kappa shape index (κ1) is 21.3. The first-order chi connectivity index (χ1) is 13.9. The van der Waals surface area contributed by atoms with E-state index in [9.17, 15) is 13.2 Å². The smallest absolute Gasteiger partial charge is 0.251 e. The van der Waals surface area contributed by atoms with Gasteiger partial charge in [-0.2, -0.15) is 4.31 Å². The fraction of sp³-hybridized carbons (Fsp3) is 0.409. The van der Waals surface area contributed by atoms with E-state index in [2.05, 4.69) is 10.2 Å². The third-order valence-electron chi connectivity index (χ3n) is 5.39. The van der Waals surface area contributed by atoms with Crippen LogP contribution in [0.25, 0.3) is 0 Å². The minimum Gasteiger partial charge on any atom is -0.369 e. The molecule has 0 unspecified atom stereocenters. The number of hydrogen-bond donors (Lipinski definition) is 1. The second-order valence-corrected chi connectivity index (χ2v) is 9.53. The number of rotatable bonds is 7. The quantitative estimate of drug-likeness (QED) is 0.706. The molecule has 7 heteroatoms. The zero-order chi connectivity index (χ0) is 20.9. The molecule has 0 bridgehead atoms. The van der Waals surface area contributed by atoms with Crippen LogP contribution < -0.4 is 10.2 Å². The molecule has 156 valence electrons. The Bertz CT molecular complexity index is 937. The van der Waals surface area contributed by atoms with Crippen LogP contribution >= 0.6 is 0 Å². The predicted octanol–water partition coefficient (Wildman–Crippen LogP) is 2.58. The molecule has 6 nitrogen and oxygen atoms in total. The fourth-order valence-corrected chi connectivity index (χ4v) is 4.92. The normalized spacial score (nSPS) is 15.3. The number of benzene rings is 2. The number of sulfonamides is 1. The van der Waals surface area contributed by atoms with E-state index in [4.69, 9.17) is 0 Å². The molecule has 1 aliphatic heterocycles. The van der Waals surface area contributed by atoms with Gasteiger partial charge in [0.1, 0.15) is 0 Å². The van der Waals surface area contributed by atoms with Gasteiger partial charge in [0.15, 0.2) is 0 Å². The third-order valence-corrected chi connectivity index (χ3v) is 7.34. The molecular weight excluding hydrogens is 386 g/mol. The van der Waals surface area contributed by atoms with Gasteiger partial charge in [-0.05, 0) is 55.7 Å². The van der Waals surface area contributed by atoms with Crippen LogP contribution in [0.4, 0.5) is 5.69 Å². The average molecular weight is 416 g/mol. The maximum absolute atomic E-state index is 12.6. The Balaban J connectivity index is 1.43. The van der Waals surface area contributed by atoms with Crippen molar-refractivity contribution in [3.63, 3.8) is 0 Å². The maximum Gasteiger partial charge on any atom is 0.251 e. The van der Waals surface area contributed by atoms with Gasteiger partial charge in [-0.25, -0.2) is 8.42 Å². The fourth-order valence-electron chi connectivity index (χ4n) is 3.43. The van der Waals surface area contributed by atoms with Crippen molar-refractivity contribution in [2.75, 3.05) is 43.4 Å². The second-order valence-electron chi connectivity index (χ2n) is 7.45. The van der Waals surface area contributed by atoms with Crippen molar-refractivity contribution >= 4 is 21.6 Å². The highest BCUT2D eigenvalue weighted by Gasteiger charge is 2.26. The van der Waals surface area contributed by atoms with Crippen LogP contribution in [0.5, 0.6) is 0 Å². The molecule has 29 heavy (non-hydrogen) atoms. The molecule has 1 heterocycles. The standard InChI is InChI=1S/C22H29N3O3S/c1-18-9-10-20(17-19(18)2)22(26)23-11-6-16-29(27,28)25-14-12-24(13-15-25)21-7-4-3-5-8-21/h3-5,7-10,17H,6,11-16H2,1-2H3,(H,23,26). The first-order valence-corrected chi connectivity index (χ1v) is 11.6. The Morgan fingerprint density at radius 2 is 1.66 bits per heavy atom. The van der Waals surface area contributed by atoms with E-state index in [1.54, 1.807) is 10.4 Å². The van der Waals surface area contributed by atoms with Gasteiger partial charge >= 0.3 is 0 Å². The lowest BCUT2D eigenvalue weighted by Gasteiger charge is -2.35. The summed E-state index contributed by atoms with van der Waals surface area (Å²) in [5, 5.41) is 2.82. The molecule has 1 N–H and O–H groups in total. The number of para-hydroxylation sites is 1. The number of nitrogens with one attached hydrogen (secondary N) is 1. The van der Waals surface area contributed by atoms with Crippen molar-refractivity contribution in [3.8, 4) is 0 Å².